The van der Waals surface area contributed by atoms with Gasteiger partial charge in [-0.15, -0.1) is 24.0 Å². The van der Waals surface area contributed by atoms with Crippen molar-refractivity contribution in [1.82, 2.24) is 0 Å². The van der Waals surface area contributed by atoms with Gasteiger partial charge in [-0.25, -0.2) is 0 Å². The molecule has 1 heterocycles. The molecule has 0 aliphatic heterocycles. The van der Waals surface area contributed by atoms with Gasteiger partial charge in [-0.05, 0) is 29.1 Å². The van der Waals surface area contributed by atoms with Crippen LogP contribution >= 0.6 is 39.9 Å². The smallest absolute Gasteiger partial charge is 0.0580 e. The van der Waals surface area contributed by atoms with Gasteiger partial charge in [0.05, 0.1) is 4.21 Å². The number of halogens is 1. The van der Waals surface area contributed by atoms with Crippen molar-refractivity contribution in [1.29, 1.82) is 0 Å². The Morgan fingerprint density at radius 3 is 2.85 bits per heavy atom. The van der Waals surface area contributed by atoms with Gasteiger partial charge in [0.15, 0.2) is 0 Å². The van der Waals surface area contributed by atoms with E-state index in [0.29, 0.717) is 0 Å². The molecule has 1 aromatic heterocycles. The molecule has 2 N–H and O–H groups in total. The molecule has 0 amide bonds. The summed E-state index contributed by atoms with van der Waals surface area (Å²) in [6.07, 6.45) is 0. The Labute approximate surface area is 94.5 Å². The Balaban J connectivity index is 2.80. The van der Waals surface area contributed by atoms with E-state index in [4.69, 9.17) is 5.73 Å². The first-order valence-electron chi connectivity index (χ1n) is 3.77. The van der Waals surface area contributed by atoms with Crippen molar-refractivity contribution < 1.29 is 0 Å². The number of benzene rings is 1. The summed E-state index contributed by atoms with van der Waals surface area (Å²) in [5, 5.41) is 2.02. The lowest BCUT2D eigenvalue weighted by atomic mass is 10.1. The monoisotopic (exact) mass is 273 g/mol. The highest BCUT2D eigenvalue weighted by Gasteiger charge is 2.05. The summed E-state index contributed by atoms with van der Waals surface area (Å²) >= 11 is 9.46. The third kappa shape index (κ3) is 1.71. The second-order valence-electron chi connectivity index (χ2n) is 2.82. The van der Waals surface area contributed by atoms with Crippen LogP contribution in [0.4, 0.5) is 5.69 Å². The Hall–Kier alpha value is -0.190. The highest BCUT2D eigenvalue weighted by molar-refractivity contribution is 9.08. The second kappa shape index (κ2) is 3.52. The molecule has 0 aliphatic carbocycles. The topological polar surface area (TPSA) is 26.0 Å². The first-order valence-corrected chi connectivity index (χ1v) is 6.16. The van der Waals surface area contributed by atoms with Gasteiger partial charge in [-0.3, -0.25) is 0 Å². The van der Waals surface area contributed by atoms with Gasteiger partial charge in [-0.2, -0.15) is 0 Å². The molecular weight excluding hydrogens is 266 g/mol. The van der Waals surface area contributed by atoms with Crippen molar-refractivity contribution >= 4 is 55.7 Å². The molecule has 1 aromatic carbocycles. The molecule has 4 heteroatoms. The predicted octanol–water partition coefficient (Wildman–Crippen LogP) is 3.67. The third-order valence-corrected chi connectivity index (χ3v) is 3.88. The van der Waals surface area contributed by atoms with Crippen molar-refractivity contribution in [2.45, 2.75) is 9.54 Å². The van der Waals surface area contributed by atoms with Crippen LogP contribution in [0, 0.1) is 0 Å². The van der Waals surface area contributed by atoms with Gasteiger partial charge < -0.3 is 5.73 Å². The number of thiol groups is 1. The summed E-state index contributed by atoms with van der Waals surface area (Å²) in [4.78, 5) is 0. The van der Waals surface area contributed by atoms with Crippen LogP contribution in [0.3, 0.4) is 0 Å². The summed E-state index contributed by atoms with van der Waals surface area (Å²) in [6, 6.07) is 6.03. The summed E-state index contributed by atoms with van der Waals surface area (Å²) < 4.78 is 2.30. The highest BCUT2D eigenvalue weighted by atomic mass is 79.9. The molecule has 0 unspecified atom stereocenters. The zero-order chi connectivity index (χ0) is 9.42. The average molecular weight is 274 g/mol. The van der Waals surface area contributed by atoms with E-state index in [9.17, 15) is 0 Å². The van der Waals surface area contributed by atoms with Gasteiger partial charge in [0.25, 0.3) is 0 Å². The Bertz CT molecular complexity index is 450. The Morgan fingerprint density at radius 1 is 1.38 bits per heavy atom. The van der Waals surface area contributed by atoms with E-state index < -0.39 is 0 Å². The molecule has 0 atom stereocenters. The lowest BCUT2D eigenvalue weighted by Gasteiger charge is -1.99. The quantitative estimate of drug-likeness (QED) is 0.463. The second-order valence-corrected chi connectivity index (χ2v) is 5.21. The maximum absolute atomic E-state index is 5.77. The van der Waals surface area contributed by atoms with E-state index in [-0.39, 0.29) is 0 Å². The lowest BCUT2D eigenvalue weighted by molar-refractivity contribution is 1.51. The molecule has 0 fully saturated rings. The number of alkyl halides is 1. The van der Waals surface area contributed by atoms with E-state index in [1.807, 2.05) is 18.2 Å². The van der Waals surface area contributed by atoms with Crippen LogP contribution in [0.2, 0.25) is 0 Å². The fourth-order valence-corrected chi connectivity index (χ4v) is 3.27. The number of thiophene rings is 1. The van der Waals surface area contributed by atoms with Crippen LogP contribution in [0.25, 0.3) is 10.1 Å². The van der Waals surface area contributed by atoms with Crippen LogP contribution in [-0.2, 0) is 5.33 Å². The molecule has 1 nitrogen and oxygen atoms in total. The van der Waals surface area contributed by atoms with E-state index in [1.165, 1.54) is 15.6 Å². The number of hydrogen-bond donors (Lipinski definition) is 2. The van der Waals surface area contributed by atoms with E-state index in [1.54, 1.807) is 11.3 Å². The van der Waals surface area contributed by atoms with Crippen LogP contribution in [-0.4, -0.2) is 0 Å². The van der Waals surface area contributed by atoms with Crippen molar-refractivity contribution in [3.63, 3.8) is 0 Å². The zero-order valence-electron chi connectivity index (χ0n) is 6.75. The molecule has 0 saturated heterocycles. The van der Waals surface area contributed by atoms with E-state index in [0.717, 1.165) is 15.2 Å². The summed E-state index contributed by atoms with van der Waals surface area (Å²) in [7, 11) is 0. The molecular formula is C9H8BrNS2. The molecule has 0 saturated carbocycles. The van der Waals surface area contributed by atoms with Gasteiger partial charge >= 0.3 is 0 Å². The van der Waals surface area contributed by atoms with Crippen LogP contribution in [0.15, 0.2) is 22.4 Å². The fourth-order valence-electron chi connectivity index (χ4n) is 1.34. The minimum absolute atomic E-state index is 0.813. The van der Waals surface area contributed by atoms with E-state index >= 15 is 0 Å². The standard InChI is InChI=1S/C9H8BrNS2/c10-4-6-2-7(11)1-5-3-8(12)13-9(5)6/h1-3,12H,4,11H2. The predicted molar refractivity (Wildman–Crippen MR) is 66.1 cm³/mol. The average Bonchev–Trinajstić information content (AvgIpc) is 2.43. The highest BCUT2D eigenvalue weighted by Crippen LogP contribution is 2.33. The maximum atomic E-state index is 5.77. The van der Waals surface area contributed by atoms with Crippen molar-refractivity contribution in [2.75, 3.05) is 5.73 Å². The van der Waals surface area contributed by atoms with Gasteiger partial charge in [-0.1, -0.05) is 15.9 Å². The van der Waals surface area contributed by atoms with Gasteiger partial charge in [0, 0.05) is 15.7 Å². The summed E-state index contributed by atoms with van der Waals surface area (Å²) in [5.41, 5.74) is 7.82. The molecule has 13 heavy (non-hydrogen) atoms. The van der Waals surface area contributed by atoms with E-state index in [2.05, 4.69) is 28.6 Å². The number of nitrogen functional groups attached to an aromatic ring is 1. The third-order valence-electron chi connectivity index (χ3n) is 1.85. The summed E-state index contributed by atoms with van der Waals surface area (Å²) in [5.74, 6) is 0. The molecule has 0 aliphatic rings. The lowest BCUT2D eigenvalue weighted by Crippen LogP contribution is -1.86. The first-order chi connectivity index (χ1) is 6.20. The van der Waals surface area contributed by atoms with Crippen molar-refractivity contribution in [3.05, 3.63) is 23.8 Å². The Kier molecular flexibility index (Phi) is 2.53. The molecule has 0 spiro atoms. The molecule has 0 bridgehead atoms. The normalized spacial score (nSPS) is 10.9. The SMILES string of the molecule is Nc1cc(CBr)c2sc(S)cc2c1. The number of anilines is 1. The first kappa shape index (κ1) is 9.37. The Morgan fingerprint density at radius 2 is 2.15 bits per heavy atom. The number of fused-ring (bicyclic) bond motifs is 1. The minimum Gasteiger partial charge on any atom is -0.399 e. The van der Waals surface area contributed by atoms with Crippen LogP contribution in [0.1, 0.15) is 5.56 Å². The molecule has 2 aromatic rings. The fraction of sp³-hybridized carbons (Fsp3) is 0.111. The van der Waals surface area contributed by atoms with Crippen LogP contribution in [0.5, 0.6) is 0 Å². The number of rotatable bonds is 1. The minimum atomic E-state index is 0.813. The zero-order valence-corrected chi connectivity index (χ0v) is 10.0. The van der Waals surface area contributed by atoms with Crippen molar-refractivity contribution in [2.24, 2.45) is 0 Å². The van der Waals surface area contributed by atoms with Crippen molar-refractivity contribution in [3.8, 4) is 0 Å². The largest absolute Gasteiger partial charge is 0.399 e. The summed E-state index contributed by atoms with van der Waals surface area (Å²) in [6.45, 7) is 0. The number of hydrogen-bond acceptors (Lipinski definition) is 3. The molecule has 0 radical (unpaired) electrons. The molecule has 68 valence electrons. The maximum Gasteiger partial charge on any atom is 0.0580 e. The van der Waals surface area contributed by atoms with Gasteiger partial charge in [0.2, 0.25) is 0 Å². The van der Waals surface area contributed by atoms with Gasteiger partial charge in [0.1, 0.15) is 0 Å². The number of nitrogens with two attached hydrogens (primary N) is 1. The molecule has 2 rings (SSSR count). The van der Waals surface area contributed by atoms with Crippen LogP contribution < -0.4 is 5.73 Å².